The molecule has 0 aliphatic carbocycles. The lowest BCUT2D eigenvalue weighted by Crippen LogP contribution is -2.06. The molecule has 0 atom stereocenters. The number of ketones is 1. The smallest absolute Gasteiger partial charge is 0.387 e. The van der Waals surface area contributed by atoms with Gasteiger partial charge in [-0.1, -0.05) is 24.3 Å². The lowest BCUT2D eigenvalue weighted by atomic mass is 9.99. The summed E-state index contributed by atoms with van der Waals surface area (Å²) in [6, 6.07) is 16.4. The van der Waals surface area contributed by atoms with Crippen molar-refractivity contribution in [1.29, 1.82) is 0 Å². The number of rotatable bonds is 9. The number of nitrogens with zero attached hydrogens (tertiary/aromatic N) is 1. The minimum atomic E-state index is -2.93. The fourth-order valence-corrected chi connectivity index (χ4v) is 3.60. The van der Waals surface area contributed by atoms with Crippen molar-refractivity contribution in [3.05, 3.63) is 77.6 Å². The van der Waals surface area contributed by atoms with E-state index in [1.807, 2.05) is 24.3 Å². The van der Waals surface area contributed by atoms with Crippen molar-refractivity contribution in [1.82, 2.24) is 9.97 Å². The Morgan fingerprint density at radius 3 is 2.17 bits per heavy atom. The zero-order chi connectivity index (χ0) is 24.9. The first-order valence-corrected chi connectivity index (χ1v) is 10.5. The first-order valence-electron chi connectivity index (χ1n) is 10.5. The molecule has 0 radical (unpaired) electrons. The molecular weight excluding hydrogens is 458 g/mol. The van der Waals surface area contributed by atoms with E-state index in [0.29, 0.717) is 34.2 Å². The van der Waals surface area contributed by atoms with E-state index >= 15 is 0 Å². The van der Waals surface area contributed by atoms with Crippen molar-refractivity contribution in [3.8, 4) is 23.0 Å². The molecule has 4 aromatic rings. The van der Waals surface area contributed by atoms with Gasteiger partial charge in [-0.05, 0) is 48.0 Å². The summed E-state index contributed by atoms with van der Waals surface area (Å²) in [5.41, 5.74) is 2.56. The van der Waals surface area contributed by atoms with Crippen LogP contribution in [0.3, 0.4) is 0 Å². The number of carbonyl (C=O) groups is 1. The number of ether oxygens (including phenoxy) is 4. The van der Waals surface area contributed by atoms with Gasteiger partial charge >= 0.3 is 6.61 Å². The Labute approximate surface area is 199 Å². The molecular formula is C26H22F2N2O5. The highest BCUT2D eigenvalue weighted by atomic mass is 19.3. The Bertz CT molecular complexity index is 1320. The zero-order valence-electron chi connectivity index (χ0n) is 19.2. The number of Topliss-reactive ketones (excluding diaryl/α,β-unsaturated/α-hetero) is 1. The van der Waals surface area contributed by atoms with Crippen LogP contribution in [0.4, 0.5) is 8.78 Å². The second-order valence-electron chi connectivity index (χ2n) is 7.35. The number of benzene rings is 3. The van der Waals surface area contributed by atoms with E-state index in [9.17, 15) is 13.6 Å². The molecule has 3 aromatic carbocycles. The van der Waals surface area contributed by atoms with Gasteiger partial charge in [-0.25, -0.2) is 4.98 Å². The molecule has 0 unspecified atom stereocenters. The Balaban J connectivity index is 1.83. The Hall–Kier alpha value is -4.40. The molecule has 180 valence electrons. The zero-order valence-corrected chi connectivity index (χ0v) is 19.2. The van der Waals surface area contributed by atoms with Crippen molar-refractivity contribution in [2.75, 3.05) is 21.3 Å². The number of aromatic amines is 1. The van der Waals surface area contributed by atoms with E-state index in [1.165, 1.54) is 33.5 Å². The number of imidazole rings is 1. The number of allylic oxidation sites excluding steroid dienone is 1. The van der Waals surface area contributed by atoms with Crippen LogP contribution in [0.25, 0.3) is 22.7 Å². The second kappa shape index (κ2) is 10.3. The molecule has 35 heavy (non-hydrogen) atoms. The number of carbonyl (C=O) groups excluding carboxylic acids is 1. The number of fused-ring (bicyclic) bond motifs is 1. The Morgan fingerprint density at radius 1 is 0.943 bits per heavy atom. The predicted molar refractivity (Wildman–Crippen MR) is 127 cm³/mol. The van der Waals surface area contributed by atoms with Crippen LogP contribution in [0.15, 0.2) is 60.7 Å². The number of para-hydroxylation sites is 2. The van der Waals surface area contributed by atoms with Gasteiger partial charge in [-0.15, -0.1) is 0 Å². The summed E-state index contributed by atoms with van der Waals surface area (Å²) in [5.74, 6) is 1.00. The van der Waals surface area contributed by atoms with Crippen molar-refractivity contribution >= 4 is 28.5 Å². The van der Waals surface area contributed by atoms with Crippen LogP contribution in [0, 0.1) is 0 Å². The molecule has 1 heterocycles. The van der Waals surface area contributed by atoms with Crippen molar-refractivity contribution < 1.29 is 32.5 Å². The molecule has 0 fully saturated rings. The van der Waals surface area contributed by atoms with Crippen molar-refractivity contribution in [2.45, 2.75) is 6.61 Å². The molecule has 1 aromatic heterocycles. The van der Waals surface area contributed by atoms with Crippen LogP contribution in [0.1, 0.15) is 21.7 Å². The highest BCUT2D eigenvalue weighted by Gasteiger charge is 2.22. The van der Waals surface area contributed by atoms with Crippen LogP contribution < -0.4 is 18.9 Å². The average Bonchev–Trinajstić information content (AvgIpc) is 3.30. The fourth-order valence-electron chi connectivity index (χ4n) is 3.60. The summed E-state index contributed by atoms with van der Waals surface area (Å²) in [7, 11) is 4.40. The van der Waals surface area contributed by atoms with Crippen LogP contribution in [0.2, 0.25) is 0 Å². The molecule has 7 nitrogen and oxygen atoms in total. The molecule has 0 saturated carbocycles. The standard InChI is InChI=1S/C26H22F2N2O5/c1-32-21-13-16(14-22(33-2)24(21)34-3)23(31)18(25-29-19-6-4-5-7-20(19)30-25)12-15-8-10-17(11-9-15)35-26(27)28/h4-14,26H,1-3H3,(H,29,30)/b18-12-. The lowest BCUT2D eigenvalue weighted by molar-refractivity contribution is -0.0498. The number of halogens is 2. The normalized spacial score (nSPS) is 11.5. The first-order chi connectivity index (χ1) is 16.9. The second-order valence-corrected chi connectivity index (χ2v) is 7.35. The molecule has 9 heteroatoms. The highest BCUT2D eigenvalue weighted by molar-refractivity contribution is 6.32. The molecule has 4 rings (SSSR count). The molecule has 1 N–H and O–H groups in total. The number of methoxy groups -OCH3 is 3. The van der Waals surface area contributed by atoms with Crippen molar-refractivity contribution in [2.24, 2.45) is 0 Å². The van der Waals surface area contributed by atoms with Crippen LogP contribution in [-0.4, -0.2) is 43.7 Å². The minimum absolute atomic E-state index is 0.0124. The third-order valence-corrected chi connectivity index (χ3v) is 5.23. The van der Waals surface area contributed by atoms with Gasteiger partial charge in [-0.2, -0.15) is 8.78 Å². The number of alkyl halides is 2. The number of hydrogen-bond acceptors (Lipinski definition) is 6. The quantitative estimate of drug-likeness (QED) is 0.248. The van der Waals surface area contributed by atoms with E-state index in [2.05, 4.69) is 14.7 Å². The topological polar surface area (TPSA) is 82.7 Å². The van der Waals surface area contributed by atoms with Crippen LogP contribution in [-0.2, 0) is 0 Å². The minimum Gasteiger partial charge on any atom is -0.493 e. The number of hydrogen-bond donors (Lipinski definition) is 1. The largest absolute Gasteiger partial charge is 0.493 e. The van der Waals surface area contributed by atoms with Crippen LogP contribution in [0.5, 0.6) is 23.0 Å². The number of H-pyrrole nitrogens is 1. The van der Waals surface area contributed by atoms with E-state index in [-0.39, 0.29) is 22.7 Å². The van der Waals surface area contributed by atoms with E-state index in [1.54, 1.807) is 30.3 Å². The van der Waals surface area contributed by atoms with Gasteiger partial charge in [0.05, 0.1) is 37.9 Å². The molecule has 0 bridgehead atoms. The molecule has 0 saturated heterocycles. The fraction of sp³-hybridized carbons (Fsp3) is 0.154. The van der Waals surface area contributed by atoms with E-state index in [0.717, 1.165) is 5.52 Å². The van der Waals surface area contributed by atoms with E-state index < -0.39 is 6.61 Å². The summed E-state index contributed by atoms with van der Waals surface area (Å²) in [6.07, 6.45) is 1.62. The Morgan fingerprint density at radius 2 is 1.60 bits per heavy atom. The van der Waals surface area contributed by atoms with Gasteiger partial charge < -0.3 is 23.9 Å². The van der Waals surface area contributed by atoms with Gasteiger partial charge in [0.15, 0.2) is 17.3 Å². The summed E-state index contributed by atoms with van der Waals surface area (Å²) in [5, 5.41) is 0. The maximum absolute atomic E-state index is 13.8. The van der Waals surface area contributed by atoms with Gasteiger partial charge in [-0.3, -0.25) is 4.79 Å². The maximum atomic E-state index is 13.8. The van der Waals surface area contributed by atoms with Gasteiger partial charge in [0.2, 0.25) is 5.75 Å². The van der Waals surface area contributed by atoms with E-state index in [4.69, 9.17) is 14.2 Å². The third kappa shape index (κ3) is 5.08. The molecule has 0 amide bonds. The highest BCUT2D eigenvalue weighted by Crippen LogP contribution is 2.39. The summed E-state index contributed by atoms with van der Waals surface area (Å²) < 4.78 is 45.6. The maximum Gasteiger partial charge on any atom is 0.387 e. The first kappa shape index (κ1) is 23.7. The Kier molecular flexibility index (Phi) is 6.96. The van der Waals surface area contributed by atoms with Gasteiger partial charge in [0.1, 0.15) is 11.6 Å². The average molecular weight is 480 g/mol. The SMILES string of the molecule is COc1cc(C(=O)/C(=C/c2ccc(OC(F)F)cc2)c2nc3ccccc3[nH]2)cc(OC)c1OC. The number of aromatic nitrogens is 2. The monoisotopic (exact) mass is 480 g/mol. The predicted octanol–water partition coefficient (Wildman–Crippen LogP) is 5.61. The molecule has 0 aliphatic heterocycles. The summed E-state index contributed by atoms with van der Waals surface area (Å²) in [4.78, 5) is 21.5. The number of nitrogens with one attached hydrogen (secondary N) is 1. The van der Waals surface area contributed by atoms with Crippen LogP contribution >= 0.6 is 0 Å². The van der Waals surface area contributed by atoms with Gasteiger partial charge in [0.25, 0.3) is 0 Å². The molecule has 0 spiro atoms. The summed E-state index contributed by atoms with van der Waals surface area (Å²) >= 11 is 0. The summed E-state index contributed by atoms with van der Waals surface area (Å²) in [6.45, 7) is -2.93. The lowest BCUT2D eigenvalue weighted by Gasteiger charge is -2.14. The van der Waals surface area contributed by atoms with Gasteiger partial charge in [0, 0.05) is 5.56 Å². The molecule has 0 aliphatic rings. The van der Waals surface area contributed by atoms with Crippen molar-refractivity contribution in [3.63, 3.8) is 0 Å². The third-order valence-electron chi connectivity index (χ3n) is 5.23.